The summed E-state index contributed by atoms with van der Waals surface area (Å²) in [6.45, 7) is 2.57. The summed E-state index contributed by atoms with van der Waals surface area (Å²) >= 11 is 1.55. The molecule has 0 radical (unpaired) electrons. The van der Waals surface area contributed by atoms with Gasteiger partial charge >= 0.3 is 16.4 Å². The van der Waals surface area contributed by atoms with Crippen molar-refractivity contribution < 1.29 is 26.5 Å². The largest absolute Gasteiger partial charge is 0.418 e. The summed E-state index contributed by atoms with van der Waals surface area (Å²) in [5.74, 6) is 0.410. The van der Waals surface area contributed by atoms with E-state index in [4.69, 9.17) is 4.55 Å². The fraction of sp³-hybridized carbons (Fsp3) is 0.800. The van der Waals surface area contributed by atoms with Crippen LogP contribution in [-0.2, 0) is 14.7 Å². The normalized spacial score (nSPS) is 28.8. The van der Waals surface area contributed by atoms with Crippen LogP contribution in [0, 0.1) is 0 Å². The Morgan fingerprint density at radius 3 is 2.48 bits per heavy atom. The Labute approximate surface area is 162 Å². The van der Waals surface area contributed by atoms with Crippen LogP contribution < -0.4 is 0 Å². The number of likely N-dealkylation sites (tertiary alicyclic amines) is 1. The maximum absolute atomic E-state index is 12.5. The lowest BCUT2D eigenvalue weighted by Gasteiger charge is -2.36. The van der Waals surface area contributed by atoms with Crippen molar-refractivity contribution in [2.24, 2.45) is 0 Å². The maximum Gasteiger partial charge on any atom is 0.418 e. The van der Waals surface area contributed by atoms with Gasteiger partial charge in [-0.25, -0.2) is 4.79 Å². The van der Waals surface area contributed by atoms with Crippen molar-refractivity contribution in [3.63, 3.8) is 0 Å². The van der Waals surface area contributed by atoms with Crippen LogP contribution in [0.4, 0.5) is 4.79 Å². The van der Waals surface area contributed by atoms with Gasteiger partial charge in [-0.15, -0.1) is 14.5 Å². The molecule has 12 heteroatoms. The van der Waals surface area contributed by atoms with E-state index < -0.39 is 16.4 Å². The predicted octanol–water partition coefficient (Wildman–Crippen LogP) is 1.17. The summed E-state index contributed by atoms with van der Waals surface area (Å²) in [6.07, 6.45) is 3.39. The minimum atomic E-state index is -4.73. The van der Waals surface area contributed by atoms with Crippen LogP contribution in [0.25, 0.3) is 0 Å². The van der Waals surface area contributed by atoms with Crippen LogP contribution in [0.1, 0.15) is 47.7 Å². The van der Waals surface area contributed by atoms with Gasteiger partial charge in [0.05, 0.1) is 39.3 Å². The van der Waals surface area contributed by atoms with E-state index in [0.29, 0.717) is 25.3 Å². The summed E-state index contributed by atoms with van der Waals surface area (Å²) in [4.78, 5) is 14.1. The molecule has 0 aromatic carbocycles. The van der Waals surface area contributed by atoms with Gasteiger partial charge in [-0.3, -0.25) is 4.55 Å². The minimum Gasteiger partial charge on any atom is -0.328 e. The van der Waals surface area contributed by atoms with Crippen molar-refractivity contribution in [1.29, 1.82) is 0 Å². The number of urea groups is 1. The van der Waals surface area contributed by atoms with E-state index in [9.17, 15) is 13.2 Å². The molecule has 3 aliphatic heterocycles. The van der Waals surface area contributed by atoms with E-state index in [2.05, 4.69) is 28.6 Å². The monoisotopic (exact) mass is 418 g/mol. The van der Waals surface area contributed by atoms with E-state index in [1.54, 1.807) is 16.2 Å². The molecule has 0 aliphatic carbocycles. The van der Waals surface area contributed by atoms with Gasteiger partial charge < -0.3 is 9.38 Å². The van der Waals surface area contributed by atoms with Gasteiger partial charge in [-0.2, -0.15) is 13.5 Å². The van der Waals surface area contributed by atoms with Crippen LogP contribution >= 0.6 is 11.3 Å². The Kier molecular flexibility index (Phi) is 4.66. The number of quaternary nitrogens is 1. The first-order valence-corrected chi connectivity index (χ1v) is 11.2. The predicted molar refractivity (Wildman–Crippen MR) is 96.1 cm³/mol. The highest BCUT2D eigenvalue weighted by atomic mass is 32.3. The topological polar surface area (TPSA) is 113 Å². The quantitative estimate of drug-likeness (QED) is 0.577. The molecule has 0 saturated carbocycles. The zero-order valence-electron chi connectivity index (χ0n) is 15.3. The number of amides is 2. The summed E-state index contributed by atoms with van der Waals surface area (Å²) in [5, 5.41) is 11.3. The standard InChI is InChI=1S/C15H23N5O5S2/c1-20(2)7-5-10(6-8-20)13-16-17-14(26-13)12-4-3-11-9-18(12)15(21)19(11)25-27(22,23)24/h10-12H,3-9H2,1-2H3/p+1. The Bertz CT molecular complexity index is 831. The molecule has 4 rings (SSSR count). The molecule has 150 valence electrons. The highest BCUT2D eigenvalue weighted by Gasteiger charge is 2.48. The average Bonchev–Trinajstić information content (AvgIpc) is 3.15. The first-order chi connectivity index (χ1) is 12.6. The Morgan fingerprint density at radius 1 is 1.15 bits per heavy atom. The van der Waals surface area contributed by atoms with Crippen molar-refractivity contribution in [2.45, 2.75) is 43.7 Å². The van der Waals surface area contributed by atoms with E-state index in [1.165, 1.54) is 0 Å². The summed E-state index contributed by atoms with van der Waals surface area (Å²) in [6, 6.07) is -1.18. The van der Waals surface area contributed by atoms with Gasteiger partial charge in [0.1, 0.15) is 10.0 Å². The summed E-state index contributed by atoms with van der Waals surface area (Å²) < 4.78 is 36.4. The lowest BCUT2D eigenvalue weighted by atomic mass is 9.97. The molecular weight excluding hydrogens is 394 g/mol. The van der Waals surface area contributed by atoms with Crippen LogP contribution in [0.5, 0.6) is 0 Å². The van der Waals surface area contributed by atoms with Crippen LogP contribution in [0.15, 0.2) is 0 Å². The molecule has 3 saturated heterocycles. The Morgan fingerprint density at radius 2 is 1.81 bits per heavy atom. The molecule has 1 N–H and O–H groups in total. The molecule has 4 heterocycles. The number of aromatic nitrogens is 2. The molecule has 2 atom stereocenters. The average molecular weight is 419 g/mol. The molecular formula is C15H24N5O5S2+. The lowest BCUT2D eigenvalue weighted by molar-refractivity contribution is -0.895. The molecule has 10 nitrogen and oxygen atoms in total. The van der Waals surface area contributed by atoms with Crippen LogP contribution in [-0.4, -0.2) is 83.4 Å². The van der Waals surface area contributed by atoms with Crippen LogP contribution in [0.2, 0.25) is 0 Å². The first kappa shape index (κ1) is 19.0. The molecule has 3 fully saturated rings. The third-order valence-corrected chi connectivity index (χ3v) is 7.29. The minimum absolute atomic E-state index is 0.231. The second-order valence-corrected chi connectivity index (χ2v) is 10.2. The lowest BCUT2D eigenvalue weighted by Crippen LogP contribution is -2.45. The van der Waals surface area contributed by atoms with E-state index in [-0.39, 0.29) is 12.1 Å². The second-order valence-electron chi connectivity index (χ2n) is 8.15. The Balaban J connectivity index is 1.48. The molecule has 0 spiro atoms. The SMILES string of the molecule is C[N+]1(C)CCC(c2nnc(C3CCC4CN3C(=O)N4OS(=O)(=O)O)s2)CC1. The molecule has 2 bridgehead atoms. The maximum atomic E-state index is 12.5. The molecule has 1 aromatic heterocycles. The van der Waals surface area contributed by atoms with Crippen molar-refractivity contribution in [3.8, 4) is 0 Å². The first-order valence-electron chi connectivity index (χ1n) is 9.05. The molecule has 27 heavy (non-hydrogen) atoms. The molecule has 2 amide bonds. The third kappa shape index (κ3) is 3.81. The summed E-state index contributed by atoms with van der Waals surface area (Å²) in [5.41, 5.74) is 0. The summed E-state index contributed by atoms with van der Waals surface area (Å²) in [7, 11) is -0.258. The number of carbonyl (C=O) groups is 1. The number of hydrogen-bond donors (Lipinski definition) is 1. The third-order valence-electron chi connectivity index (χ3n) is 5.75. The van der Waals surface area contributed by atoms with Gasteiger partial charge in [0.15, 0.2) is 0 Å². The fourth-order valence-corrected chi connectivity index (χ4v) is 5.70. The highest BCUT2D eigenvalue weighted by molar-refractivity contribution is 7.80. The number of nitrogens with zero attached hydrogens (tertiary/aromatic N) is 5. The number of hydrogen-bond acceptors (Lipinski definition) is 7. The number of piperidine rings is 2. The zero-order chi connectivity index (χ0) is 19.4. The molecule has 1 aromatic rings. The smallest absolute Gasteiger partial charge is 0.328 e. The Hall–Kier alpha value is -1.34. The van der Waals surface area contributed by atoms with E-state index >= 15 is 0 Å². The van der Waals surface area contributed by atoms with Gasteiger partial charge in [0.25, 0.3) is 0 Å². The zero-order valence-corrected chi connectivity index (χ0v) is 16.9. The fourth-order valence-electron chi connectivity index (χ4n) is 4.15. The highest BCUT2D eigenvalue weighted by Crippen LogP contribution is 2.41. The number of carbonyl (C=O) groups excluding carboxylic acids is 1. The number of hydroxylamine groups is 2. The molecule has 3 aliphatic rings. The molecule has 2 unspecified atom stereocenters. The van der Waals surface area contributed by atoms with Gasteiger partial charge in [0.2, 0.25) is 0 Å². The van der Waals surface area contributed by atoms with Gasteiger partial charge in [0, 0.05) is 25.3 Å². The van der Waals surface area contributed by atoms with Crippen molar-refractivity contribution in [2.75, 3.05) is 33.7 Å². The van der Waals surface area contributed by atoms with E-state index in [0.717, 1.165) is 45.5 Å². The van der Waals surface area contributed by atoms with Crippen molar-refractivity contribution in [3.05, 3.63) is 10.0 Å². The van der Waals surface area contributed by atoms with Crippen molar-refractivity contribution >= 4 is 27.8 Å². The second kappa shape index (κ2) is 6.62. The van der Waals surface area contributed by atoms with Crippen molar-refractivity contribution in [1.82, 2.24) is 20.2 Å². The van der Waals surface area contributed by atoms with Gasteiger partial charge in [-0.1, -0.05) is 11.3 Å². The number of rotatable bonds is 4. The van der Waals surface area contributed by atoms with Gasteiger partial charge in [-0.05, 0) is 12.8 Å². The van der Waals surface area contributed by atoms with E-state index in [1.807, 2.05) is 0 Å². The van der Waals surface area contributed by atoms with Crippen LogP contribution in [0.3, 0.4) is 0 Å². The number of fused-ring (bicyclic) bond motifs is 2.